The predicted molar refractivity (Wildman–Crippen MR) is 61.4 cm³/mol. The lowest BCUT2D eigenvalue weighted by Gasteiger charge is -2.11. The van der Waals surface area contributed by atoms with Gasteiger partial charge >= 0.3 is 5.97 Å². The summed E-state index contributed by atoms with van der Waals surface area (Å²) < 4.78 is 0. The summed E-state index contributed by atoms with van der Waals surface area (Å²) in [5.41, 5.74) is 1.10. The fourth-order valence-corrected chi connectivity index (χ4v) is 2.07. The minimum atomic E-state index is -1.19. The predicted octanol–water partition coefficient (Wildman–Crippen LogP) is 0.345. The summed E-state index contributed by atoms with van der Waals surface area (Å²) in [6, 6.07) is 0.763. The summed E-state index contributed by atoms with van der Waals surface area (Å²) in [5, 5.41) is 15.7. The lowest BCUT2D eigenvalue weighted by molar-refractivity contribution is -0.143. The van der Waals surface area contributed by atoms with E-state index in [9.17, 15) is 9.59 Å². The van der Waals surface area contributed by atoms with Gasteiger partial charge in [0.15, 0.2) is 6.04 Å². The third-order valence-corrected chi connectivity index (χ3v) is 3.21. The molecule has 0 saturated heterocycles. The average molecular weight is 242 g/mol. The largest absolute Gasteiger partial charge is 0.480 e. The summed E-state index contributed by atoms with van der Waals surface area (Å²) in [4.78, 5) is 23.2. The van der Waals surface area contributed by atoms with Crippen LogP contribution >= 0.6 is 11.3 Å². The molecule has 1 rings (SSSR count). The summed E-state index contributed by atoms with van der Waals surface area (Å²) in [6.45, 7) is 2.32. The minimum absolute atomic E-state index is 0.369. The van der Waals surface area contributed by atoms with E-state index in [-0.39, 0.29) is 0 Å². The molecule has 1 aromatic heterocycles. The van der Waals surface area contributed by atoms with Gasteiger partial charge in [-0.1, -0.05) is 0 Å². The van der Waals surface area contributed by atoms with E-state index in [2.05, 4.69) is 10.6 Å². The van der Waals surface area contributed by atoms with Crippen LogP contribution in [0.4, 0.5) is 0 Å². The van der Waals surface area contributed by atoms with Crippen molar-refractivity contribution >= 4 is 23.2 Å². The number of hydrogen-bond donors (Lipinski definition) is 3. The number of hydrogen-bond acceptors (Lipinski definition) is 4. The van der Waals surface area contributed by atoms with Gasteiger partial charge in [0.2, 0.25) is 5.91 Å². The SMILES string of the molecule is CNC(C(=O)O)C(=O)NCc1sccc1C. The number of carboxylic acid groups (broad SMARTS) is 1. The first-order valence-electron chi connectivity index (χ1n) is 4.77. The molecule has 0 saturated carbocycles. The molecule has 88 valence electrons. The van der Waals surface area contributed by atoms with Gasteiger partial charge < -0.3 is 10.4 Å². The lowest BCUT2D eigenvalue weighted by Crippen LogP contribution is -2.47. The highest BCUT2D eigenvalue weighted by Gasteiger charge is 2.23. The molecule has 0 spiro atoms. The van der Waals surface area contributed by atoms with Crippen LogP contribution in [-0.2, 0) is 16.1 Å². The van der Waals surface area contributed by atoms with Crippen LogP contribution in [0.1, 0.15) is 10.4 Å². The van der Waals surface area contributed by atoms with Gasteiger partial charge in [-0.15, -0.1) is 11.3 Å². The highest BCUT2D eigenvalue weighted by atomic mass is 32.1. The van der Waals surface area contributed by atoms with Gasteiger partial charge in [-0.2, -0.15) is 0 Å². The molecule has 1 heterocycles. The van der Waals surface area contributed by atoms with Crippen LogP contribution < -0.4 is 10.6 Å². The summed E-state index contributed by atoms with van der Waals surface area (Å²) in [7, 11) is 1.44. The van der Waals surface area contributed by atoms with E-state index in [1.165, 1.54) is 18.4 Å². The number of rotatable bonds is 5. The smallest absolute Gasteiger partial charge is 0.330 e. The van der Waals surface area contributed by atoms with Crippen molar-refractivity contribution in [2.45, 2.75) is 19.5 Å². The third-order valence-electron chi connectivity index (χ3n) is 2.19. The fourth-order valence-electron chi connectivity index (χ4n) is 1.22. The van der Waals surface area contributed by atoms with Crippen molar-refractivity contribution in [2.24, 2.45) is 0 Å². The fraction of sp³-hybridized carbons (Fsp3) is 0.400. The Balaban J connectivity index is 2.52. The molecule has 0 aliphatic carbocycles. The van der Waals surface area contributed by atoms with Crippen molar-refractivity contribution in [1.29, 1.82) is 0 Å². The number of carbonyl (C=O) groups is 2. The van der Waals surface area contributed by atoms with Gasteiger partial charge in [-0.25, -0.2) is 4.79 Å². The third kappa shape index (κ3) is 3.04. The Bertz CT molecular complexity index is 389. The van der Waals surface area contributed by atoms with Crippen molar-refractivity contribution < 1.29 is 14.7 Å². The van der Waals surface area contributed by atoms with E-state index in [0.29, 0.717) is 6.54 Å². The molecular weight excluding hydrogens is 228 g/mol. The Morgan fingerprint density at radius 1 is 1.56 bits per heavy atom. The molecule has 1 amide bonds. The zero-order valence-electron chi connectivity index (χ0n) is 9.11. The topological polar surface area (TPSA) is 78.4 Å². The number of carbonyl (C=O) groups excluding carboxylic acids is 1. The van der Waals surface area contributed by atoms with Gasteiger partial charge in [0, 0.05) is 4.88 Å². The van der Waals surface area contributed by atoms with Crippen LogP contribution in [0.3, 0.4) is 0 Å². The second kappa shape index (κ2) is 5.62. The molecule has 5 nitrogen and oxygen atoms in total. The number of carboxylic acids is 1. The van der Waals surface area contributed by atoms with Crippen LogP contribution in [0.25, 0.3) is 0 Å². The monoisotopic (exact) mass is 242 g/mol. The van der Waals surface area contributed by atoms with Gasteiger partial charge in [-0.05, 0) is 31.0 Å². The van der Waals surface area contributed by atoms with Gasteiger partial charge in [0.25, 0.3) is 0 Å². The highest BCUT2D eigenvalue weighted by molar-refractivity contribution is 7.10. The Kier molecular flexibility index (Phi) is 4.45. The molecular formula is C10H14N2O3S. The Hall–Kier alpha value is -1.40. The van der Waals surface area contributed by atoms with Gasteiger partial charge in [0.05, 0.1) is 6.54 Å². The summed E-state index contributed by atoms with van der Waals surface area (Å²) in [6.07, 6.45) is 0. The molecule has 16 heavy (non-hydrogen) atoms. The molecule has 1 unspecified atom stereocenters. The minimum Gasteiger partial charge on any atom is -0.480 e. The number of thiophene rings is 1. The van der Waals surface area contributed by atoms with Gasteiger partial charge in [-0.3, -0.25) is 10.1 Å². The molecule has 0 radical (unpaired) electrons. The first-order chi connectivity index (χ1) is 7.56. The number of amides is 1. The standard InChI is InChI=1S/C10H14N2O3S/c1-6-3-4-16-7(6)5-12-9(13)8(11-2)10(14)15/h3-4,8,11H,5H2,1-2H3,(H,12,13)(H,14,15). The number of likely N-dealkylation sites (N-methyl/N-ethyl adjacent to an activating group) is 1. The second-order valence-corrected chi connectivity index (χ2v) is 4.31. The molecule has 0 aromatic carbocycles. The van der Waals surface area contributed by atoms with Gasteiger partial charge in [0.1, 0.15) is 0 Å². The Labute approximate surface area is 97.5 Å². The quantitative estimate of drug-likeness (QED) is 0.651. The van der Waals surface area contributed by atoms with Crippen molar-refractivity contribution in [2.75, 3.05) is 7.05 Å². The van der Waals surface area contributed by atoms with Crippen molar-refractivity contribution in [1.82, 2.24) is 10.6 Å². The first-order valence-corrected chi connectivity index (χ1v) is 5.65. The highest BCUT2D eigenvalue weighted by Crippen LogP contribution is 2.14. The van der Waals surface area contributed by atoms with E-state index < -0.39 is 17.9 Å². The maximum Gasteiger partial charge on any atom is 0.330 e. The molecule has 6 heteroatoms. The zero-order valence-corrected chi connectivity index (χ0v) is 9.93. The molecule has 1 atom stereocenters. The van der Waals surface area contributed by atoms with Crippen molar-refractivity contribution in [3.8, 4) is 0 Å². The van der Waals surface area contributed by atoms with Crippen LogP contribution in [0.15, 0.2) is 11.4 Å². The first kappa shape index (κ1) is 12.7. The number of aryl methyl sites for hydroxylation is 1. The normalized spacial score (nSPS) is 12.1. The molecule has 0 aliphatic rings. The summed E-state index contributed by atoms with van der Waals surface area (Å²) >= 11 is 1.54. The van der Waals surface area contributed by atoms with Crippen molar-refractivity contribution in [3.63, 3.8) is 0 Å². The number of nitrogens with one attached hydrogen (secondary N) is 2. The van der Waals surface area contributed by atoms with E-state index in [4.69, 9.17) is 5.11 Å². The van der Waals surface area contributed by atoms with E-state index >= 15 is 0 Å². The molecule has 1 aromatic rings. The maximum absolute atomic E-state index is 11.5. The molecule has 3 N–H and O–H groups in total. The van der Waals surface area contributed by atoms with Crippen molar-refractivity contribution in [3.05, 3.63) is 21.9 Å². The van der Waals surface area contributed by atoms with E-state index in [1.54, 1.807) is 0 Å². The Morgan fingerprint density at radius 2 is 2.25 bits per heavy atom. The molecule has 0 fully saturated rings. The van der Waals surface area contributed by atoms with E-state index in [1.807, 2.05) is 18.4 Å². The second-order valence-electron chi connectivity index (χ2n) is 3.30. The van der Waals surface area contributed by atoms with Crippen LogP contribution in [-0.4, -0.2) is 30.1 Å². The molecule has 0 aliphatic heterocycles. The number of aliphatic carboxylic acids is 1. The lowest BCUT2D eigenvalue weighted by atomic mass is 10.2. The average Bonchev–Trinajstić information content (AvgIpc) is 2.61. The maximum atomic E-state index is 11.5. The van der Waals surface area contributed by atoms with Crippen LogP contribution in [0.5, 0.6) is 0 Å². The zero-order chi connectivity index (χ0) is 12.1. The van der Waals surface area contributed by atoms with Crippen LogP contribution in [0, 0.1) is 6.92 Å². The molecule has 0 bridgehead atoms. The van der Waals surface area contributed by atoms with Crippen LogP contribution in [0.2, 0.25) is 0 Å². The summed E-state index contributed by atoms with van der Waals surface area (Å²) in [5.74, 6) is -1.70. The Morgan fingerprint density at radius 3 is 2.69 bits per heavy atom. The van der Waals surface area contributed by atoms with E-state index in [0.717, 1.165) is 10.4 Å².